The fraction of sp³-hybridized carbons (Fsp3) is 0.0833. The average Bonchev–Trinajstić information content (AvgIpc) is 2.79. The normalized spacial score (nSPS) is 13.9. The maximum atomic E-state index is 14.1. The predicted molar refractivity (Wildman–Crippen MR) is 131 cm³/mol. The van der Waals surface area contributed by atoms with Crippen molar-refractivity contribution in [3.63, 3.8) is 0 Å². The molecular formula is C24H22Cl2NO3P. The van der Waals surface area contributed by atoms with Gasteiger partial charge in [-0.3, -0.25) is 4.57 Å². The van der Waals surface area contributed by atoms with E-state index in [9.17, 15) is 4.57 Å². The van der Waals surface area contributed by atoms with Gasteiger partial charge < -0.3 is 14.6 Å². The van der Waals surface area contributed by atoms with Gasteiger partial charge in [0.25, 0.3) is 0 Å². The molecule has 4 nitrogen and oxygen atoms in total. The lowest BCUT2D eigenvalue weighted by Crippen LogP contribution is -1.98. The second kappa shape index (κ2) is 10.6. The molecule has 0 spiro atoms. The molecule has 160 valence electrons. The number of anilines is 1. The van der Waals surface area contributed by atoms with Crippen molar-refractivity contribution < 1.29 is 14.0 Å². The third-order valence-electron chi connectivity index (χ3n) is 4.41. The van der Waals surface area contributed by atoms with E-state index in [1.807, 2.05) is 60.7 Å². The van der Waals surface area contributed by atoms with Gasteiger partial charge in [0.15, 0.2) is 0 Å². The third-order valence-corrected chi connectivity index (χ3v) is 7.24. The number of hydrogen-bond donors (Lipinski definition) is 1. The third kappa shape index (κ3) is 6.18. The summed E-state index contributed by atoms with van der Waals surface area (Å²) >= 11 is 13.1. The van der Waals surface area contributed by atoms with Crippen molar-refractivity contribution in [3.05, 3.63) is 102 Å². The number of benzene rings is 3. The van der Waals surface area contributed by atoms with Gasteiger partial charge in [0.1, 0.15) is 11.5 Å². The highest BCUT2D eigenvalue weighted by molar-refractivity contribution is 7.72. The Morgan fingerprint density at radius 2 is 1.32 bits per heavy atom. The van der Waals surface area contributed by atoms with E-state index >= 15 is 0 Å². The molecule has 31 heavy (non-hydrogen) atoms. The van der Waals surface area contributed by atoms with Crippen molar-refractivity contribution >= 4 is 46.2 Å². The molecule has 1 unspecified atom stereocenters. The van der Waals surface area contributed by atoms with E-state index in [-0.39, 0.29) is 0 Å². The number of ether oxygens (including phenoxy) is 2. The lowest BCUT2D eigenvalue weighted by molar-refractivity contribution is 0.405. The van der Waals surface area contributed by atoms with E-state index in [0.717, 1.165) is 11.1 Å². The number of nitrogens with one attached hydrogen (secondary N) is 1. The van der Waals surface area contributed by atoms with E-state index in [2.05, 4.69) is 5.09 Å². The maximum absolute atomic E-state index is 14.1. The fourth-order valence-electron chi connectivity index (χ4n) is 2.87. The van der Waals surface area contributed by atoms with Gasteiger partial charge in [-0.25, -0.2) is 0 Å². The van der Waals surface area contributed by atoms with Crippen LogP contribution in [0.4, 0.5) is 5.69 Å². The molecule has 0 heterocycles. The highest BCUT2D eigenvalue weighted by Gasteiger charge is 2.22. The van der Waals surface area contributed by atoms with Crippen LogP contribution in [-0.2, 0) is 4.57 Å². The topological polar surface area (TPSA) is 47.6 Å². The minimum Gasteiger partial charge on any atom is -0.497 e. The number of halogens is 2. The largest absolute Gasteiger partial charge is 0.497 e. The second-order valence-electron chi connectivity index (χ2n) is 6.57. The molecule has 0 bridgehead atoms. The van der Waals surface area contributed by atoms with Crippen LogP contribution in [0.15, 0.2) is 90.5 Å². The second-order valence-corrected chi connectivity index (χ2v) is 9.55. The first kappa shape index (κ1) is 23.0. The molecule has 0 aromatic heterocycles. The zero-order valence-corrected chi connectivity index (χ0v) is 19.5. The summed E-state index contributed by atoms with van der Waals surface area (Å²) in [5.74, 6) is 4.09. The van der Waals surface area contributed by atoms with Crippen LogP contribution in [0.3, 0.4) is 0 Å². The van der Waals surface area contributed by atoms with Gasteiger partial charge in [0.05, 0.1) is 30.0 Å². The molecule has 0 aliphatic heterocycles. The molecule has 0 radical (unpaired) electrons. The molecule has 1 N–H and O–H groups in total. The van der Waals surface area contributed by atoms with Crippen LogP contribution >= 0.6 is 30.5 Å². The Morgan fingerprint density at radius 3 is 1.77 bits per heavy atom. The van der Waals surface area contributed by atoms with E-state index in [0.29, 0.717) is 27.3 Å². The molecule has 3 aromatic rings. The Morgan fingerprint density at radius 1 is 0.806 bits per heavy atom. The van der Waals surface area contributed by atoms with Gasteiger partial charge in [0.2, 0.25) is 7.29 Å². The summed E-state index contributed by atoms with van der Waals surface area (Å²) < 4.78 is 24.8. The highest BCUT2D eigenvalue weighted by Crippen LogP contribution is 2.55. The summed E-state index contributed by atoms with van der Waals surface area (Å²) in [6.07, 6.45) is 0. The van der Waals surface area contributed by atoms with Crippen LogP contribution in [0.1, 0.15) is 11.1 Å². The molecule has 0 aliphatic rings. The average molecular weight is 474 g/mol. The molecule has 0 saturated carbocycles. The monoisotopic (exact) mass is 473 g/mol. The quantitative estimate of drug-likeness (QED) is 0.338. The molecule has 0 saturated heterocycles. The molecule has 1 atom stereocenters. The Hall–Kier alpha value is -2.65. The number of hydrogen-bond acceptors (Lipinski definition) is 3. The van der Waals surface area contributed by atoms with Crippen molar-refractivity contribution in [2.24, 2.45) is 0 Å². The fourth-order valence-corrected chi connectivity index (χ4v) is 5.72. The van der Waals surface area contributed by atoms with Crippen molar-refractivity contribution in [2.75, 3.05) is 19.3 Å². The van der Waals surface area contributed by atoms with Crippen molar-refractivity contribution in [1.82, 2.24) is 0 Å². The minimum absolute atomic E-state index is 0.340. The van der Waals surface area contributed by atoms with Crippen LogP contribution in [0.5, 0.6) is 11.5 Å². The summed E-state index contributed by atoms with van der Waals surface area (Å²) in [4.78, 5) is 0. The Balaban J connectivity index is 2.10. The van der Waals surface area contributed by atoms with Gasteiger partial charge in [-0.1, -0.05) is 83.9 Å². The molecule has 0 aliphatic carbocycles. The van der Waals surface area contributed by atoms with Crippen molar-refractivity contribution in [3.8, 4) is 11.5 Å². The smallest absolute Gasteiger partial charge is 0.216 e. The van der Waals surface area contributed by atoms with E-state index < -0.39 is 7.29 Å². The Bertz CT molecular complexity index is 1070. The van der Waals surface area contributed by atoms with Gasteiger partial charge in [-0.05, 0) is 23.3 Å². The van der Waals surface area contributed by atoms with Crippen molar-refractivity contribution in [1.29, 1.82) is 0 Å². The number of methoxy groups -OCH3 is 2. The van der Waals surface area contributed by atoms with E-state index in [4.69, 9.17) is 32.7 Å². The van der Waals surface area contributed by atoms with Crippen LogP contribution in [0.25, 0.3) is 10.1 Å². The van der Waals surface area contributed by atoms with E-state index in [1.54, 1.807) is 25.3 Å². The standard InChI is InChI=1S/C24H22Cl2NO3P/c1-29-20-13-14-24(30-2)23(15-20)27-31(28,16-21(25)18-9-5-3-6-10-18)17-22(26)19-11-7-4-8-12-19/h3-17H,1-2H3,(H,27,28)/b21-16-,22-17+. The summed E-state index contributed by atoms with van der Waals surface area (Å²) in [6.45, 7) is 0. The van der Waals surface area contributed by atoms with Crippen LogP contribution < -0.4 is 14.6 Å². The summed E-state index contributed by atoms with van der Waals surface area (Å²) in [7, 11) is -0.330. The van der Waals surface area contributed by atoms with Crippen molar-refractivity contribution in [2.45, 2.75) is 0 Å². The molecule has 7 heteroatoms. The van der Waals surface area contributed by atoms with Gasteiger partial charge in [-0.15, -0.1) is 0 Å². The number of rotatable bonds is 8. The zero-order chi connectivity index (χ0) is 22.3. The SMILES string of the molecule is COc1ccc(OC)c(NP(=O)(/C=C(\Cl)c2ccccc2)/C=C(/Cl)c2ccccc2)c1. The molecule has 0 fully saturated rings. The Kier molecular flexibility index (Phi) is 7.86. The first-order valence-corrected chi connectivity index (χ1v) is 12.0. The van der Waals surface area contributed by atoms with Gasteiger partial charge >= 0.3 is 0 Å². The van der Waals surface area contributed by atoms with Crippen LogP contribution in [-0.4, -0.2) is 14.2 Å². The maximum Gasteiger partial charge on any atom is 0.216 e. The van der Waals surface area contributed by atoms with Crippen LogP contribution in [0.2, 0.25) is 0 Å². The highest BCUT2D eigenvalue weighted by atomic mass is 35.5. The molecule has 0 amide bonds. The summed E-state index contributed by atoms with van der Waals surface area (Å²) in [5.41, 5.74) is 1.98. The zero-order valence-electron chi connectivity index (χ0n) is 17.1. The van der Waals surface area contributed by atoms with Gasteiger partial charge in [0, 0.05) is 17.7 Å². The summed E-state index contributed by atoms with van der Waals surface area (Å²) in [6, 6.07) is 23.8. The first-order chi connectivity index (χ1) is 14.9. The molecule has 3 aromatic carbocycles. The van der Waals surface area contributed by atoms with E-state index in [1.165, 1.54) is 18.7 Å². The van der Waals surface area contributed by atoms with Crippen LogP contribution in [0, 0.1) is 0 Å². The lowest BCUT2D eigenvalue weighted by atomic mass is 10.2. The van der Waals surface area contributed by atoms with Gasteiger partial charge in [-0.2, -0.15) is 0 Å². The summed E-state index contributed by atoms with van der Waals surface area (Å²) in [5, 5.41) is 3.76. The minimum atomic E-state index is -3.43. The predicted octanol–water partition coefficient (Wildman–Crippen LogP) is 7.87. The molecular weight excluding hydrogens is 452 g/mol. The molecule has 3 rings (SSSR count). The first-order valence-electron chi connectivity index (χ1n) is 9.41. The lowest BCUT2D eigenvalue weighted by Gasteiger charge is -2.18. The Labute approximate surface area is 192 Å².